The van der Waals surface area contributed by atoms with Crippen LogP contribution in [0.25, 0.3) is 0 Å². The lowest BCUT2D eigenvalue weighted by atomic mass is 10.1. The predicted octanol–water partition coefficient (Wildman–Crippen LogP) is 2.95. The van der Waals surface area contributed by atoms with Crippen LogP contribution in [0.3, 0.4) is 0 Å². The van der Waals surface area contributed by atoms with Crippen molar-refractivity contribution in [3.8, 4) is 0 Å². The van der Waals surface area contributed by atoms with Crippen molar-refractivity contribution < 1.29 is 19.1 Å². The van der Waals surface area contributed by atoms with Crippen molar-refractivity contribution in [2.45, 2.75) is 13.5 Å². The fourth-order valence-corrected chi connectivity index (χ4v) is 1.92. The largest absolute Gasteiger partial charge is 0.478 e. The van der Waals surface area contributed by atoms with Crippen molar-refractivity contribution in [1.82, 2.24) is 4.90 Å². The van der Waals surface area contributed by atoms with Crippen LogP contribution < -0.4 is 5.32 Å². The summed E-state index contributed by atoms with van der Waals surface area (Å²) in [6, 6.07) is 7.95. The van der Waals surface area contributed by atoms with E-state index in [-0.39, 0.29) is 5.56 Å². The van der Waals surface area contributed by atoms with E-state index in [4.69, 9.17) is 9.52 Å². The summed E-state index contributed by atoms with van der Waals surface area (Å²) in [4.78, 5) is 24.8. The monoisotopic (exact) mass is 288 g/mol. The number of carboxylic acid groups (broad SMARTS) is 1. The maximum absolute atomic E-state index is 12.1. The highest BCUT2D eigenvalue weighted by Gasteiger charge is 2.17. The van der Waals surface area contributed by atoms with E-state index in [9.17, 15) is 9.59 Å². The predicted molar refractivity (Wildman–Crippen MR) is 77.3 cm³/mol. The number of nitrogens with one attached hydrogen (secondary N) is 1. The van der Waals surface area contributed by atoms with Crippen LogP contribution in [0.5, 0.6) is 0 Å². The van der Waals surface area contributed by atoms with Crippen LogP contribution in [-0.2, 0) is 6.54 Å². The molecule has 0 unspecified atom stereocenters. The first-order chi connectivity index (χ1) is 9.99. The van der Waals surface area contributed by atoms with Crippen LogP contribution in [0, 0.1) is 6.92 Å². The summed E-state index contributed by atoms with van der Waals surface area (Å²) in [5.41, 5.74) is 1.06. The third-order valence-electron chi connectivity index (χ3n) is 3.05. The van der Waals surface area contributed by atoms with E-state index in [1.807, 2.05) is 0 Å². The van der Waals surface area contributed by atoms with Crippen molar-refractivity contribution >= 4 is 17.7 Å². The highest BCUT2D eigenvalue weighted by atomic mass is 16.4. The SMILES string of the molecule is Cc1cccc(C(=O)O)c1NC(=O)N(C)Cc1ccco1. The average Bonchev–Trinajstić information content (AvgIpc) is 2.93. The molecule has 0 aliphatic carbocycles. The molecule has 21 heavy (non-hydrogen) atoms. The number of rotatable bonds is 4. The zero-order valence-electron chi connectivity index (χ0n) is 11.8. The van der Waals surface area contributed by atoms with E-state index in [2.05, 4.69) is 5.32 Å². The third-order valence-corrected chi connectivity index (χ3v) is 3.05. The van der Waals surface area contributed by atoms with Gasteiger partial charge >= 0.3 is 12.0 Å². The Bertz CT molecular complexity index is 650. The van der Waals surface area contributed by atoms with Crippen LogP contribution >= 0.6 is 0 Å². The zero-order valence-corrected chi connectivity index (χ0v) is 11.8. The van der Waals surface area contributed by atoms with Crippen LogP contribution in [0.4, 0.5) is 10.5 Å². The maximum atomic E-state index is 12.1. The minimum atomic E-state index is -1.08. The minimum Gasteiger partial charge on any atom is -0.478 e. The fourth-order valence-electron chi connectivity index (χ4n) is 1.92. The molecule has 6 heteroatoms. The Labute approximate surface area is 122 Å². The summed E-state index contributed by atoms with van der Waals surface area (Å²) in [5.74, 6) is -0.432. The van der Waals surface area contributed by atoms with Gasteiger partial charge in [-0.05, 0) is 30.7 Å². The molecule has 6 nitrogen and oxygen atoms in total. The Hall–Kier alpha value is -2.76. The molecule has 1 aromatic carbocycles. The van der Waals surface area contributed by atoms with Gasteiger partial charge in [0.15, 0.2) is 0 Å². The molecule has 1 heterocycles. The summed E-state index contributed by atoms with van der Waals surface area (Å²) < 4.78 is 5.17. The Morgan fingerprint density at radius 3 is 2.67 bits per heavy atom. The highest BCUT2D eigenvalue weighted by molar-refractivity contribution is 6.00. The summed E-state index contributed by atoms with van der Waals surface area (Å²) in [5, 5.41) is 11.8. The van der Waals surface area contributed by atoms with Gasteiger partial charge in [0.05, 0.1) is 24.1 Å². The number of urea groups is 1. The molecular weight excluding hydrogens is 272 g/mol. The van der Waals surface area contributed by atoms with E-state index in [1.165, 1.54) is 17.2 Å². The third kappa shape index (κ3) is 3.42. The minimum absolute atomic E-state index is 0.0646. The molecule has 0 saturated heterocycles. The Morgan fingerprint density at radius 2 is 2.05 bits per heavy atom. The lowest BCUT2D eigenvalue weighted by Gasteiger charge is -2.18. The van der Waals surface area contributed by atoms with Gasteiger partial charge in [0.1, 0.15) is 5.76 Å². The van der Waals surface area contributed by atoms with E-state index in [0.29, 0.717) is 23.6 Å². The average molecular weight is 288 g/mol. The molecule has 0 aliphatic rings. The number of hydrogen-bond donors (Lipinski definition) is 2. The Kier molecular flexibility index (Phi) is 4.27. The van der Waals surface area contributed by atoms with Gasteiger partial charge in [-0.3, -0.25) is 0 Å². The Balaban J connectivity index is 2.14. The van der Waals surface area contributed by atoms with Gasteiger partial charge in [-0.25, -0.2) is 9.59 Å². The molecule has 0 atom stereocenters. The number of carboxylic acids is 1. The van der Waals surface area contributed by atoms with Crippen LogP contribution in [-0.4, -0.2) is 29.1 Å². The maximum Gasteiger partial charge on any atom is 0.337 e. The fraction of sp³-hybridized carbons (Fsp3) is 0.200. The summed E-state index contributed by atoms with van der Waals surface area (Å²) in [6.07, 6.45) is 1.53. The van der Waals surface area contributed by atoms with Crippen molar-refractivity contribution in [3.05, 3.63) is 53.5 Å². The number of nitrogens with zero attached hydrogens (tertiary/aromatic N) is 1. The molecule has 0 radical (unpaired) electrons. The molecule has 0 aliphatic heterocycles. The number of para-hydroxylation sites is 1. The normalized spacial score (nSPS) is 10.2. The summed E-state index contributed by atoms with van der Waals surface area (Å²) in [6.45, 7) is 2.04. The van der Waals surface area contributed by atoms with E-state index in [0.717, 1.165) is 0 Å². The lowest BCUT2D eigenvalue weighted by Crippen LogP contribution is -2.31. The van der Waals surface area contributed by atoms with Gasteiger partial charge in [-0.1, -0.05) is 12.1 Å². The standard InChI is InChI=1S/C15H16N2O4/c1-10-5-3-7-12(14(18)19)13(10)16-15(20)17(2)9-11-6-4-8-21-11/h3-8H,9H2,1-2H3,(H,16,20)(H,18,19). The second-order valence-electron chi connectivity index (χ2n) is 4.67. The number of benzene rings is 1. The first-order valence-corrected chi connectivity index (χ1v) is 6.36. The second-order valence-corrected chi connectivity index (χ2v) is 4.67. The van der Waals surface area contributed by atoms with Gasteiger partial charge in [0.25, 0.3) is 0 Å². The van der Waals surface area contributed by atoms with Crippen molar-refractivity contribution in [1.29, 1.82) is 0 Å². The van der Waals surface area contributed by atoms with Gasteiger partial charge in [0.2, 0.25) is 0 Å². The zero-order chi connectivity index (χ0) is 15.4. The highest BCUT2D eigenvalue weighted by Crippen LogP contribution is 2.21. The summed E-state index contributed by atoms with van der Waals surface area (Å²) >= 11 is 0. The van der Waals surface area contributed by atoms with Crippen molar-refractivity contribution in [2.75, 3.05) is 12.4 Å². The molecule has 2 N–H and O–H groups in total. The number of carbonyl (C=O) groups excluding carboxylic acids is 1. The van der Waals surface area contributed by atoms with Gasteiger partial charge in [0, 0.05) is 7.05 Å². The molecule has 0 fully saturated rings. The van der Waals surface area contributed by atoms with Gasteiger partial charge < -0.3 is 19.7 Å². The molecule has 0 bridgehead atoms. The molecule has 1 aromatic heterocycles. The van der Waals surface area contributed by atoms with Crippen LogP contribution in [0.1, 0.15) is 21.7 Å². The van der Waals surface area contributed by atoms with E-state index in [1.54, 1.807) is 38.2 Å². The number of hydrogen-bond acceptors (Lipinski definition) is 3. The number of amides is 2. The molecule has 2 rings (SSSR count). The number of carbonyl (C=O) groups is 2. The number of furan rings is 1. The lowest BCUT2D eigenvalue weighted by molar-refractivity contribution is 0.0698. The topological polar surface area (TPSA) is 82.8 Å². The number of anilines is 1. The summed E-state index contributed by atoms with van der Waals surface area (Å²) in [7, 11) is 1.61. The molecule has 0 saturated carbocycles. The first kappa shape index (κ1) is 14.6. The van der Waals surface area contributed by atoms with Gasteiger partial charge in [-0.15, -0.1) is 0 Å². The molecule has 2 amide bonds. The molecule has 110 valence electrons. The molecular formula is C15H16N2O4. The van der Waals surface area contributed by atoms with Crippen molar-refractivity contribution in [2.24, 2.45) is 0 Å². The smallest absolute Gasteiger partial charge is 0.337 e. The van der Waals surface area contributed by atoms with Crippen molar-refractivity contribution in [3.63, 3.8) is 0 Å². The number of aromatic carboxylic acids is 1. The Morgan fingerprint density at radius 1 is 1.29 bits per heavy atom. The van der Waals surface area contributed by atoms with E-state index >= 15 is 0 Å². The van der Waals surface area contributed by atoms with Crippen LogP contribution in [0.15, 0.2) is 41.0 Å². The van der Waals surface area contributed by atoms with E-state index < -0.39 is 12.0 Å². The number of aryl methyl sites for hydroxylation is 1. The first-order valence-electron chi connectivity index (χ1n) is 6.36. The molecule has 2 aromatic rings. The molecule has 0 spiro atoms. The second kappa shape index (κ2) is 6.13. The van der Waals surface area contributed by atoms with Gasteiger partial charge in [-0.2, -0.15) is 0 Å². The quantitative estimate of drug-likeness (QED) is 0.906. The van der Waals surface area contributed by atoms with Crippen LogP contribution in [0.2, 0.25) is 0 Å².